The van der Waals surface area contributed by atoms with Crippen LogP contribution in [0.2, 0.25) is 0 Å². The van der Waals surface area contributed by atoms with E-state index < -0.39 is 0 Å². The molecule has 0 unspecified atom stereocenters. The molecule has 0 aliphatic heterocycles. The summed E-state index contributed by atoms with van der Waals surface area (Å²) in [6.07, 6.45) is 0. The van der Waals surface area contributed by atoms with Gasteiger partial charge in [0.15, 0.2) is 5.78 Å². The zero-order chi connectivity index (χ0) is 7.44. The smallest absolute Gasteiger partial charge is 0.160 e. The number of ketones is 1. The number of hydrogen-bond donors (Lipinski definition) is 1. The molecule has 9 heavy (non-hydrogen) atoms. The number of halogens is 1. The molecule has 0 bridgehead atoms. The van der Waals surface area contributed by atoms with Crippen molar-refractivity contribution in [3.05, 3.63) is 0 Å². The van der Waals surface area contributed by atoms with Crippen LogP contribution in [0.4, 0.5) is 0 Å². The van der Waals surface area contributed by atoms with Gasteiger partial charge in [-0.15, -0.1) is 0 Å². The fourth-order valence-electron chi connectivity index (χ4n) is 0.461. The molecule has 0 spiro atoms. The molecule has 0 saturated heterocycles. The van der Waals surface area contributed by atoms with Crippen LogP contribution in [0, 0.1) is 5.92 Å². The van der Waals surface area contributed by atoms with Gasteiger partial charge in [-0.25, -0.2) is 0 Å². The van der Waals surface area contributed by atoms with E-state index in [0.717, 1.165) is 0 Å². The van der Waals surface area contributed by atoms with Crippen molar-refractivity contribution in [1.29, 1.82) is 0 Å². The Bertz CT molecular complexity index is 103. The zero-order valence-corrected chi connectivity index (χ0v) is 7.31. The lowest BCUT2D eigenvalue weighted by Crippen LogP contribution is -2.36. The molecule has 2 nitrogen and oxygen atoms in total. The molecule has 2 N–H and O–H groups in total. The highest BCUT2D eigenvalue weighted by Gasteiger charge is 2.14. The molecule has 0 aliphatic rings. The second-order valence-corrected chi connectivity index (χ2v) is 2.93. The Labute approximate surface area is 63.9 Å². The summed E-state index contributed by atoms with van der Waals surface area (Å²) in [4.78, 5) is 10.8. The van der Waals surface area contributed by atoms with Crippen molar-refractivity contribution in [1.82, 2.24) is 0 Å². The Morgan fingerprint density at radius 3 is 2.22 bits per heavy atom. The highest BCUT2D eigenvalue weighted by Crippen LogP contribution is 2.00. The molecular weight excluding hydrogens is 182 g/mol. The minimum Gasteiger partial charge on any atom is -0.321 e. The molecule has 0 saturated carbocycles. The number of hydrogen-bond acceptors (Lipinski definition) is 2. The Hall–Kier alpha value is 0.110. The summed E-state index contributed by atoms with van der Waals surface area (Å²) in [5.74, 6) is 0.319. The summed E-state index contributed by atoms with van der Waals surface area (Å²) < 4.78 is 0. The normalized spacial score (nSPS) is 13.9. The van der Waals surface area contributed by atoms with Crippen LogP contribution in [-0.2, 0) is 4.79 Å². The van der Waals surface area contributed by atoms with Crippen LogP contribution < -0.4 is 5.73 Å². The maximum absolute atomic E-state index is 10.8. The minimum atomic E-state index is -0.302. The van der Waals surface area contributed by atoms with Crippen molar-refractivity contribution in [2.45, 2.75) is 19.9 Å². The summed E-state index contributed by atoms with van der Waals surface area (Å²) in [5, 5.41) is 0.367. The first kappa shape index (κ1) is 9.11. The molecule has 3 heteroatoms. The lowest BCUT2D eigenvalue weighted by molar-refractivity contribution is -0.118. The van der Waals surface area contributed by atoms with E-state index in [1.165, 1.54) is 0 Å². The van der Waals surface area contributed by atoms with Crippen molar-refractivity contribution in [3.8, 4) is 0 Å². The third kappa shape index (κ3) is 2.96. The van der Waals surface area contributed by atoms with E-state index in [9.17, 15) is 4.79 Å². The van der Waals surface area contributed by atoms with Crippen LogP contribution in [0.1, 0.15) is 13.8 Å². The van der Waals surface area contributed by atoms with Crippen LogP contribution >= 0.6 is 15.9 Å². The van der Waals surface area contributed by atoms with Gasteiger partial charge in [-0.3, -0.25) is 4.79 Å². The quantitative estimate of drug-likeness (QED) is 0.679. The van der Waals surface area contributed by atoms with Gasteiger partial charge in [0, 0.05) is 0 Å². The predicted octanol–water partition coefficient (Wildman–Crippen LogP) is 0.934. The van der Waals surface area contributed by atoms with Gasteiger partial charge >= 0.3 is 0 Å². The van der Waals surface area contributed by atoms with Gasteiger partial charge in [0.05, 0.1) is 11.4 Å². The highest BCUT2D eigenvalue weighted by atomic mass is 79.9. The Morgan fingerprint density at radius 1 is 1.67 bits per heavy atom. The molecule has 0 aromatic heterocycles. The number of alkyl halides is 1. The Kier molecular flexibility index (Phi) is 4.06. The molecule has 0 aromatic rings. The van der Waals surface area contributed by atoms with E-state index in [4.69, 9.17) is 5.73 Å². The van der Waals surface area contributed by atoms with Crippen LogP contribution in [0.5, 0.6) is 0 Å². The van der Waals surface area contributed by atoms with Crippen molar-refractivity contribution in [3.63, 3.8) is 0 Å². The first-order chi connectivity index (χ1) is 4.09. The highest BCUT2D eigenvalue weighted by molar-refractivity contribution is 9.09. The molecule has 0 fully saturated rings. The SMILES string of the molecule is CC(C)[C@H](N)C(=O)CBr. The van der Waals surface area contributed by atoms with E-state index in [1.54, 1.807) is 0 Å². The van der Waals surface area contributed by atoms with Crippen molar-refractivity contribution in [2.75, 3.05) is 5.33 Å². The van der Waals surface area contributed by atoms with Gasteiger partial charge in [-0.05, 0) is 5.92 Å². The van der Waals surface area contributed by atoms with Crippen molar-refractivity contribution in [2.24, 2.45) is 11.7 Å². The Morgan fingerprint density at radius 2 is 2.11 bits per heavy atom. The molecule has 0 aliphatic carbocycles. The summed E-state index contributed by atoms with van der Waals surface area (Å²) >= 11 is 3.05. The minimum absolute atomic E-state index is 0.0741. The first-order valence-corrected chi connectivity index (χ1v) is 4.06. The topological polar surface area (TPSA) is 43.1 Å². The molecule has 1 atom stereocenters. The van der Waals surface area contributed by atoms with Gasteiger partial charge < -0.3 is 5.73 Å². The lowest BCUT2D eigenvalue weighted by atomic mass is 10.0. The van der Waals surface area contributed by atoms with Gasteiger partial charge in [-0.2, -0.15) is 0 Å². The molecule has 0 aromatic carbocycles. The van der Waals surface area contributed by atoms with Crippen LogP contribution in [-0.4, -0.2) is 17.2 Å². The average molecular weight is 194 g/mol. The number of nitrogens with two attached hydrogens (primary N) is 1. The standard InChI is InChI=1S/C6H12BrNO/c1-4(2)6(8)5(9)3-7/h4,6H,3,8H2,1-2H3/t6-/m0/s1. The number of rotatable bonds is 3. The third-order valence-electron chi connectivity index (χ3n) is 1.22. The molecule has 0 rings (SSSR count). The van der Waals surface area contributed by atoms with Crippen LogP contribution in [0.25, 0.3) is 0 Å². The molecular formula is C6H12BrNO. The van der Waals surface area contributed by atoms with E-state index in [-0.39, 0.29) is 17.7 Å². The first-order valence-electron chi connectivity index (χ1n) is 2.93. The zero-order valence-electron chi connectivity index (χ0n) is 5.73. The monoisotopic (exact) mass is 193 g/mol. The molecule has 0 heterocycles. The van der Waals surface area contributed by atoms with E-state index in [2.05, 4.69) is 15.9 Å². The second-order valence-electron chi connectivity index (χ2n) is 2.37. The van der Waals surface area contributed by atoms with Gasteiger partial charge in [0.25, 0.3) is 0 Å². The predicted molar refractivity (Wildman–Crippen MR) is 41.6 cm³/mol. The van der Waals surface area contributed by atoms with Gasteiger partial charge in [-0.1, -0.05) is 29.8 Å². The van der Waals surface area contributed by atoms with Gasteiger partial charge in [0.2, 0.25) is 0 Å². The molecule has 54 valence electrons. The number of carbonyl (C=O) groups excluding carboxylic acids is 1. The fourth-order valence-corrected chi connectivity index (χ4v) is 0.835. The van der Waals surface area contributed by atoms with E-state index in [1.807, 2.05) is 13.8 Å². The van der Waals surface area contributed by atoms with Crippen molar-refractivity contribution >= 4 is 21.7 Å². The summed E-state index contributed by atoms with van der Waals surface area (Å²) in [7, 11) is 0. The van der Waals surface area contributed by atoms with Gasteiger partial charge in [0.1, 0.15) is 0 Å². The maximum Gasteiger partial charge on any atom is 0.160 e. The van der Waals surface area contributed by atoms with Crippen LogP contribution in [0.15, 0.2) is 0 Å². The Balaban J connectivity index is 3.72. The maximum atomic E-state index is 10.8. The second kappa shape index (κ2) is 4.01. The van der Waals surface area contributed by atoms with E-state index in [0.29, 0.717) is 5.33 Å². The summed E-state index contributed by atoms with van der Waals surface area (Å²) in [5.41, 5.74) is 5.49. The summed E-state index contributed by atoms with van der Waals surface area (Å²) in [6, 6.07) is -0.302. The molecule has 0 amide bonds. The summed E-state index contributed by atoms with van der Waals surface area (Å²) in [6.45, 7) is 3.87. The number of carbonyl (C=O) groups is 1. The van der Waals surface area contributed by atoms with Crippen molar-refractivity contribution < 1.29 is 4.79 Å². The van der Waals surface area contributed by atoms with Crippen LogP contribution in [0.3, 0.4) is 0 Å². The van der Waals surface area contributed by atoms with E-state index >= 15 is 0 Å². The molecule has 0 radical (unpaired) electrons. The fraction of sp³-hybridized carbons (Fsp3) is 0.833. The number of Topliss-reactive ketones (excluding diaryl/α,β-unsaturated/α-hetero) is 1. The largest absolute Gasteiger partial charge is 0.321 e. The third-order valence-corrected chi connectivity index (χ3v) is 1.77. The average Bonchev–Trinajstić information content (AvgIpc) is 1.84. The lowest BCUT2D eigenvalue weighted by Gasteiger charge is -2.11.